The molecule has 3 aromatic carbocycles. The van der Waals surface area contributed by atoms with Crippen LogP contribution in [0.2, 0.25) is 5.02 Å². The van der Waals surface area contributed by atoms with Gasteiger partial charge in [0.2, 0.25) is 5.75 Å². The van der Waals surface area contributed by atoms with E-state index in [1.807, 2.05) is 0 Å². The summed E-state index contributed by atoms with van der Waals surface area (Å²) in [6.45, 7) is -0.144. The average Bonchev–Trinajstić information content (AvgIpc) is 3.12. The maximum atomic E-state index is 12.9. The van der Waals surface area contributed by atoms with Gasteiger partial charge in [0.05, 0.1) is 16.2 Å². The molecule has 2 N–H and O–H groups in total. The third kappa shape index (κ3) is 4.97. The Hall–Kier alpha value is -4.70. The molecule has 176 valence electrons. The van der Waals surface area contributed by atoms with Crippen molar-refractivity contribution in [3.63, 3.8) is 0 Å². The number of hydrogen-bond acceptors (Lipinski definition) is 6. The molecule has 35 heavy (non-hydrogen) atoms. The molecule has 0 bridgehead atoms. The van der Waals surface area contributed by atoms with Crippen molar-refractivity contribution in [2.24, 2.45) is 0 Å². The second-order valence-electron chi connectivity index (χ2n) is 7.37. The maximum Gasteiger partial charge on any atom is 0.335 e. The van der Waals surface area contributed by atoms with E-state index < -0.39 is 28.4 Å². The summed E-state index contributed by atoms with van der Waals surface area (Å²) in [4.78, 5) is 47.5. The van der Waals surface area contributed by atoms with Crippen LogP contribution in [0, 0.1) is 10.1 Å². The Morgan fingerprint density at radius 3 is 2.43 bits per heavy atom. The van der Waals surface area contributed by atoms with Gasteiger partial charge in [-0.1, -0.05) is 41.9 Å². The first-order chi connectivity index (χ1) is 16.7. The van der Waals surface area contributed by atoms with Gasteiger partial charge in [-0.2, -0.15) is 0 Å². The molecule has 3 aromatic rings. The normalized spacial score (nSPS) is 14.2. The Morgan fingerprint density at radius 2 is 1.80 bits per heavy atom. The van der Waals surface area contributed by atoms with Gasteiger partial charge in [-0.3, -0.25) is 25.1 Å². The van der Waals surface area contributed by atoms with Gasteiger partial charge in [0.25, 0.3) is 11.8 Å². The zero-order chi connectivity index (χ0) is 25.1. The van der Waals surface area contributed by atoms with E-state index in [0.717, 1.165) is 11.1 Å². The van der Waals surface area contributed by atoms with Crippen molar-refractivity contribution in [1.29, 1.82) is 0 Å². The molecule has 0 atom stereocenters. The lowest BCUT2D eigenvalue weighted by atomic mass is 10.1. The number of benzene rings is 3. The van der Waals surface area contributed by atoms with Crippen molar-refractivity contribution < 1.29 is 29.2 Å². The summed E-state index contributed by atoms with van der Waals surface area (Å²) in [5.41, 5.74) is 2.84. The summed E-state index contributed by atoms with van der Waals surface area (Å²) in [5, 5.41) is 21.8. The predicted octanol–water partition coefficient (Wildman–Crippen LogP) is 3.99. The number of amides is 2. The van der Waals surface area contributed by atoms with Crippen LogP contribution >= 0.6 is 11.6 Å². The van der Waals surface area contributed by atoms with Gasteiger partial charge in [-0.25, -0.2) is 9.80 Å². The number of halogens is 1. The number of carboxylic acid groups (broad SMARTS) is 1. The Balaban J connectivity index is 1.70. The molecule has 0 aliphatic carbocycles. The van der Waals surface area contributed by atoms with Gasteiger partial charge in [-0.05, 0) is 42.0 Å². The predicted molar refractivity (Wildman–Crippen MR) is 126 cm³/mol. The van der Waals surface area contributed by atoms with Crippen molar-refractivity contribution in [2.75, 3.05) is 5.01 Å². The fourth-order valence-electron chi connectivity index (χ4n) is 3.37. The lowest BCUT2D eigenvalue weighted by molar-refractivity contribution is -0.385. The maximum absolute atomic E-state index is 12.9. The smallest absolute Gasteiger partial charge is 0.335 e. The molecule has 2 amide bonds. The first-order valence-corrected chi connectivity index (χ1v) is 10.5. The Labute approximate surface area is 203 Å². The number of carbonyl (C=O) groups is 3. The van der Waals surface area contributed by atoms with E-state index in [1.54, 1.807) is 30.3 Å². The zero-order valence-electron chi connectivity index (χ0n) is 17.8. The van der Waals surface area contributed by atoms with E-state index in [4.69, 9.17) is 21.4 Å². The van der Waals surface area contributed by atoms with E-state index in [1.165, 1.54) is 36.4 Å². The fourth-order valence-corrected chi connectivity index (χ4v) is 3.59. The number of nitro groups is 1. The number of aromatic carboxylic acids is 1. The van der Waals surface area contributed by atoms with Crippen molar-refractivity contribution in [2.45, 2.75) is 6.61 Å². The summed E-state index contributed by atoms with van der Waals surface area (Å²) in [6, 6.07) is 16.6. The highest BCUT2D eigenvalue weighted by molar-refractivity contribution is 6.32. The second-order valence-corrected chi connectivity index (χ2v) is 7.80. The lowest BCUT2D eigenvalue weighted by Gasteiger charge is -2.14. The Bertz CT molecular complexity index is 1370. The Morgan fingerprint density at radius 1 is 1.11 bits per heavy atom. The van der Waals surface area contributed by atoms with E-state index in [0.29, 0.717) is 11.3 Å². The second kappa shape index (κ2) is 9.65. The van der Waals surface area contributed by atoms with Crippen molar-refractivity contribution in [1.82, 2.24) is 5.43 Å². The number of carbonyl (C=O) groups excluding carboxylic acids is 2. The molecule has 1 fully saturated rings. The molecule has 1 aliphatic rings. The van der Waals surface area contributed by atoms with Crippen molar-refractivity contribution in [3.8, 4) is 5.75 Å². The van der Waals surface area contributed by atoms with E-state index in [2.05, 4.69) is 5.43 Å². The molecule has 11 heteroatoms. The minimum Gasteiger partial charge on any atom is -0.482 e. The summed E-state index contributed by atoms with van der Waals surface area (Å²) in [5.74, 6) is -2.65. The fraction of sp³-hybridized carbons (Fsp3) is 0.0417. The van der Waals surface area contributed by atoms with Gasteiger partial charge in [0.15, 0.2) is 0 Å². The quantitative estimate of drug-likeness (QED) is 0.219. The van der Waals surface area contributed by atoms with Crippen LogP contribution in [0.25, 0.3) is 6.08 Å². The third-order valence-electron chi connectivity index (χ3n) is 5.05. The first-order valence-electron chi connectivity index (χ1n) is 10.1. The number of ether oxygens (including phenoxy) is 1. The lowest BCUT2D eigenvalue weighted by Crippen LogP contribution is -2.35. The molecular weight excluding hydrogens is 478 g/mol. The Kier molecular flexibility index (Phi) is 6.47. The largest absolute Gasteiger partial charge is 0.482 e. The molecule has 4 rings (SSSR count). The number of anilines is 1. The molecule has 1 saturated heterocycles. The SMILES string of the molecule is O=C1NN(c2ccccc2)C(=O)/C1=C\c1cc(Cl)cc([N+](=O)[O-])c1OCc1ccc(C(=O)O)cc1. The summed E-state index contributed by atoms with van der Waals surface area (Å²) < 4.78 is 5.71. The standard InChI is InChI=1S/C24H16ClN3O7/c25-17-10-16(11-19-22(29)26-27(23(19)30)18-4-2-1-3-5-18)21(20(12-17)28(33)34)35-13-14-6-8-15(9-7-14)24(31)32/h1-12H,13H2,(H,26,29)(H,31,32)/b19-11-. The number of hydrogen-bond donors (Lipinski definition) is 2. The number of nitrogens with zero attached hydrogens (tertiary/aromatic N) is 2. The van der Waals surface area contributed by atoms with Crippen LogP contribution < -0.4 is 15.2 Å². The summed E-state index contributed by atoms with van der Waals surface area (Å²) >= 11 is 6.07. The molecule has 1 heterocycles. The van der Waals surface area contributed by atoms with Crippen LogP contribution in [0.15, 0.2) is 72.3 Å². The molecule has 10 nitrogen and oxygen atoms in total. The van der Waals surface area contributed by atoms with E-state index in [-0.39, 0.29) is 34.1 Å². The van der Waals surface area contributed by atoms with Crippen LogP contribution in [0.4, 0.5) is 11.4 Å². The average molecular weight is 494 g/mol. The highest BCUT2D eigenvalue weighted by Gasteiger charge is 2.35. The minimum absolute atomic E-state index is 0.00693. The number of para-hydroxylation sites is 1. The molecule has 0 saturated carbocycles. The zero-order valence-corrected chi connectivity index (χ0v) is 18.6. The van der Waals surface area contributed by atoms with Gasteiger partial charge in [0, 0.05) is 16.7 Å². The van der Waals surface area contributed by atoms with Gasteiger partial charge >= 0.3 is 11.7 Å². The molecule has 1 aliphatic heterocycles. The first kappa shape index (κ1) is 23.5. The van der Waals surface area contributed by atoms with Gasteiger partial charge < -0.3 is 9.84 Å². The molecule has 0 spiro atoms. The molecule has 0 aromatic heterocycles. The van der Waals surface area contributed by atoms with Gasteiger partial charge in [0.1, 0.15) is 12.2 Å². The topological polar surface area (TPSA) is 139 Å². The highest BCUT2D eigenvalue weighted by Crippen LogP contribution is 2.37. The molecule has 0 unspecified atom stereocenters. The molecule has 0 radical (unpaired) electrons. The van der Waals surface area contributed by atoms with Crippen LogP contribution in [-0.2, 0) is 16.2 Å². The van der Waals surface area contributed by atoms with Crippen molar-refractivity contribution >= 4 is 46.8 Å². The minimum atomic E-state index is -1.09. The van der Waals surface area contributed by atoms with E-state index >= 15 is 0 Å². The van der Waals surface area contributed by atoms with Crippen LogP contribution in [0.3, 0.4) is 0 Å². The third-order valence-corrected chi connectivity index (χ3v) is 5.27. The van der Waals surface area contributed by atoms with Crippen LogP contribution in [0.1, 0.15) is 21.5 Å². The van der Waals surface area contributed by atoms with E-state index in [9.17, 15) is 24.5 Å². The number of rotatable bonds is 7. The number of carboxylic acids is 1. The molecular formula is C24H16ClN3O7. The summed E-state index contributed by atoms with van der Waals surface area (Å²) in [7, 11) is 0. The van der Waals surface area contributed by atoms with Gasteiger partial charge in [-0.15, -0.1) is 0 Å². The number of nitrogens with one attached hydrogen (secondary N) is 1. The van der Waals surface area contributed by atoms with Crippen LogP contribution in [-0.4, -0.2) is 27.8 Å². The van der Waals surface area contributed by atoms with Crippen molar-refractivity contribution in [3.05, 3.63) is 104 Å². The number of nitro benzene ring substituents is 1. The summed E-state index contributed by atoms with van der Waals surface area (Å²) in [6.07, 6.45) is 1.18. The highest BCUT2D eigenvalue weighted by atomic mass is 35.5. The number of hydrazine groups is 1. The monoisotopic (exact) mass is 493 g/mol. The van der Waals surface area contributed by atoms with Crippen LogP contribution in [0.5, 0.6) is 5.75 Å².